The number of rotatable bonds is 7. The number of nitrogens with zero attached hydrogens (tertiary/aromatic N) is 1. The van der Waals surface area contributed by atoms with E-state index in [0.29, 0.717) is 6.04 Å². The number of hydrogen-bond acceptors (Lipinski definition) is 3. The zero-order chi connectivity index (χ0) is 12.7. The Labute approximate surface area is 110 Å². The summed E-state index contributed by atoms with van der Waals surface area (Å²) in [6.07, 6.45) is 4.56. The van der Waals surface area contributed by atoms with Gasteiger partial charge in [0.2, 0.25) is 0 Å². The third kappa shape index (κ3) is 4.60. The molecular weight excluding hydrogens is 228 g/mol. The second-order valence-corrected chi connectivity index (χ2v) is 5.46. The van der Waals surface area contributed by atoms with Gasteiger partial charge in [-0.1, -0.05) is 17.7 Å². The van der Waals surface area contributed by atoms with Gasteiger partial charge >= 0.3 is 0 Å². The molecule has 0 fully saturated rings. The van der Waals surface area contributed by atoms with Gasteiger partial charge < -0.3 is 10.6 Å². The summed E-state index contributed by atoms with van der Waals surface area (Å²) in [6.45, 7) is 2.83. The first-order valence-corrected chi connectivity index (χ1v) is 7.57. The second-order valence-electron chi connectivity index (χ2n) is 4.47. The highest BCUT2D eigenvalue weighted by Crippen LogP contribution is 2.18. The molecule has 0 radical (unpaired) electrons. The summed E-state index contributed by atoms with van der Waals surface area (Å²) < 4.78 is 0. The first-order valence-electron chi connectivity index (χ1n) is 6.17. The molecule has 1 rings (SSSR count). The Balaban J connectivity index is 2.58. The van der Waals surface area contributed by atoms with Crippen molar-refractivity contribution in [1.29, 1.82) is 0 Å². The molecule has 1 unspecified atom stereocenters. The number of benzene rings is 1. The van der Waals surface area contributed by atoms with Crippen molar-refractivity contribution in [2.24, 2.45) is 5.73 Å². The largest absolute Gasteiger partial charge is 0.370 e. The number of nitrogens with two attached hydrogens (primary N) is 1. The molecule has 0 aliphatic rings. The van der Waals surface area contributed by atoms with Crippen LogP contribution < -0.4 is 10.6 Å². The van der Waals surface area contributed by atoms with Crippen LogP contribution in [0.1, 0.15) is 18.4 Å². The summed E-state index contributed by atoms with van der Waals surface area (Å²) in [4.78, 5) is 2.31. The molecule has 0 amide bonds. The Morgan fingerprint density at radius 3 is 2.47 bits per heavy atom. The molecule has 0 spiro atoms. The van der Waals surface area contributed by atoms with Crippen molar-refractivity contribution >= 4 is 17.4 Å². The van der Waals surface area contributed by atoms with Gasteiger partial charge in [-0.3, -0.25) is 0 Å². The van der Waals surface area contributed by atoms with Gasteiger partial charge in [-0.25, -0.2) is 0 Å². The normalized spacial score (nSPS) is 12.5. The van der Waals surface area contributed by atoms with Crippen molar-refractivity contribution in [2.75, 3.05) is 30.5 Å². The molecule has 0 aliphatic carbocycles. The lowest BCUT2D eigenvalue weighted by molar-refractivity contribution is 0.583. The van der Waals surface area contributed by atoms with E-state index in [1.165, 1.54) is 29.8 Å². The standard InChI is InChI=1S/C14H24N2S/c1-12-6-8-13(9-7-12)16(2)14(11-15)5-4-10-17-3/h6-9,14H,4-5,10-11,15H2,1-3H3. The minimum Gasteiger partial charge on any atom is -0.370 e. The van der Waals surface area contributed by atoms with Gasteiger partial charge in [0.25, 0.3) is 0 Å². The minimum atomic E-state index is 0.449. The summed E-state index contributed by atoms with van der Waals surface area (Å²) in [6, 6.07) is 9.10. The Morgan fingerprint density at radius 1 is 1.29 bits per heavy atom. The zero-order valence-corrected chi connectivity index (χ0v) is 12.0. The number of anilines is 1. The van der Waals surface area contributed by atoms with Gasteiger partial charge in [0.05, 0.1) is 0 Å². The number of hydrogen-bond donors (Lipinski definition) is 1. The summed E-state index contributed by atoms with van der Waals surface area (Å²) in [7, 11) is 2.14. The van der Waals surface area contributed by atoms with Gasteiger partial charge in [0.1, 0.15) is 0 Å². The second kappa shape index (κ2) is 7.62. The summed E-state index contributed by atoms with van der Waals surface area (Å²) in [5.41, 5.74) is 8.43. The van der Waals surface area contributed by atoms with Crippen molar-refractivity contribution in [3.8, 4) is 0 Å². The van der Waals surface area contributed by atoms with Gasteiger partial charge in [-0.15, -0.1) is 0 Å². The predicted octanol–water partition coefficient (Wildman–Crippen LogP) is 2.90. The average Bonchev–Trinajstić information content (AvgIpc) is 2.35. The highest BCUT2D eigenvalue weighted by molar-refractivity contribution is 7.98. The summed E-state index contributed by atoms with van der Waals surface area (Å²) >= 11 is 1.90. The number of likely N-dealkylation sites (N-methyl/N-ethyl adjacent to an activating group) is 1. The third-order valence-corrected chi connectivity index (χ3v) is 3.84. The molecule has 0 heterocycles. The highest BCUT2D eigenvalue weighted by Gasteiger charge is 2.12. The molecule has 0 saturated carbocycles. The van der Waals surface area contributed by atoms with Crippen LogP contribution in [0.25, 0.3) is 0 Å². The van der Waals surface area contributed by atoms with Crippen LogP contribution in [0.5, 0.6) is 0 Å². The molecule has 0 aromatic heterocycles. The van der Waals surface area contributed by atoms with Crippen molar-refractivity contribution in [2.45, 2.75) is 25.8 Å². The van der Waals surface area contributed by atoms with E-state index in [-0.39, 0.29) is 0 Å². The molecule has 17 heavy (non-hydrogen) atoms. The molecule has 1 atom stereocenters. The van der Waals surface area contributed by atoms with Gasteiger partial charge in [-0.05, 0) is 43.9 Å². The maximum atomic E-state index is 5.87. The Bertz CT molecular complexity index is 311. The third-order valence-electron chi connectivity index (χ3n) is 3.15. The monoisotopic (exact) mass is 252 g/mol. The molecule has 0 bridgehead atoms. The van der Waals surface area contributed by atoms with Gasteiger partial charge in [0.15, 0.2) is 0 Å². The number of aryl methyl sites for hydroxylation is 1. The molecule has 1 aromatic rings. The Kier molecular flexibility index (Phi) is 6.45. The predicted molar refractivity (Wildman–Crippen MR) is 80.0 cm³/mol. The van der Waals surface area contributed by atoms with E-state index in [1.54, 1.807) is 0 Å². The Hall–Kier alpha value is -0.670. The van der Waals surface area contributed by atoms with E-state index in [2.05, 4.69) is 49.4 Å². The molecular formula is C14H24N2S. The molecule has 3 heteroatoms. The maximum Gasteiger partial charge on any atom is 0.0409 e. The van der Waals surface area contributed by atoms with Crippen molar-refractivity contribution in [3.05, 3.63) is 29.8 Å². The number of thioether (sulfide) groups is 1. The topological polar surface area (TPSA) is 29.3 Å². The average molecular weight is 252 g/mol. The fraction of sp³-hybridized carbons (Fsp3) is 0.571. The molecule has 0 saturated heterocycles. The quantitative estimate of drug-likeness (QED) is 0.757. The summed E-state index contributed by atoms with van der Waals surface area (Å²) in [5.74, 6) is 1.22. The molecule has 2 nitrogen and oxygen atoms in total. The van der Waals surface area contributed by atoms with E-state index in [9.17, 15) is 0 Å². The van der Waals surface area contributed by atoms with E-state index in [0.717, 1.165) is 6.54 Å². The van der Waals surface area contributed by atoms with Crippen molar-refractivity contribution in [3.63, 3.8) is 0 Å². The van der Waals surface area contributed by atoms with Crippen LogP contribution in [0.15, 0.2) is 24.3 Å². The SMILES string of the molecule is CSCCCC(CN)N(C)c1ccc(C)cc1. The van der Waals surface area contributed by atoms with E-state index in [4.69, 9.17) is 5.73 Å². The van der Waals surface area contributed by atoms with Crippen LogP contribution in [0.4, 0.5) is 5.69 Å². The van der Waals surface area contributed by atoms with Crippen LogP contribution >= 0.6 is 11.8 Å². The van der Waals surface area contributed by atoms with Gasteiger partial charge in [0, 0.05) is 25.3 Å². The zero-order valence-electron chi connectivity index (χ0n) is 11.1. The van der Waals surface area contributed by atoms with Crippen LogP contribution in [-0.2, 0) is 0 Å². The maximum absolute atomic E-state index is 5.87. The first kappa shape index (κ1) is 14.4. The van der Waals surface area contributed by atoms with Crippen LogP contribution in [0.3, 0.4) is 0 Å². The smallest absolute Gasteiger partial charge is 0.0409 e. The van der Waals surface area contributed by atoms with E-state index < -0.39 is 0 Å². The molecule has 1 aromatic carbocycles. The first-order chi connectivity index (χ1) is 8.19. The van der Waals surface area contributed by atoms with E-state index in [1.807, 2.05) is 11.8 Å². The van der Waals surface area contributed by atoms with E-state index >= 15 is 0 Å². The molecule has 2 N–H and O–H groups in total. The highest BCUT2D eigenvalue weighted by atomic mass is 32.2. The van der Waals surface area contributed by atoms with Crippen molar-refractivity contribution in [1.82, 2.24) is 0 Å². The Morgan fingerprint density at radius 2 is 1.94 bits per heavy atom. The van der Waals surface area contributed by atoms with Crippen LogP contribution in [0.2, 0.25) is 0 Å². The molecule has 0 aliphatic heterocycles. The molecule has 96 valence electrons. The lowest BCUT2D eigenvalue weighted by Crippen LogP contribution is -2.38. The fourth-order valence-electron chi connectivity index (χ4n) is 1.92. The lowest BCUT2D eigenvalue weighted by Gasteiger charge is -2.29. The van der Waals surface area contributed by atoms with Gasteiger partial charge in [-0.2, -0.15) is 11.8 Å². The van der Waals surface area contributed by atoms with Crippen LogP contribution in [-0.4, -0.2) is 31.6 Å². The van der Waals surface area contributed by atoms with Crippen LogP contribution in [0, 0.1) is 6.92 Å². The van der Waals surface area contributed by atoms with Crippen molar-refractivity contribution < 1.29 is 0 Å². The fourth-order valence-corrected chi connectivity index (χ4v) is 2.38. The lowest BCUT2D eigenvalue weighted by atomic mass is 10.1. The minimum absolute atomic E-state index is 0.449. The summed E-state index contributed by atoms with van der Waals surface area (Å²) in [5, 5.41) is 0.